The SMILES string of the molecule is Cl.NCCNc1cccc2c1CN(C1CCC(=O)NC1=O)C2=O. The fourth-order valence-corrected chi connectivity index (χ4v) is 2.96. The highest BCUT2D eigenvalue weighted by atomic mass is 35.5. The highest BCUT2D eigenvalue weighted by molar-refractivity contribution is 6.06. The molecule has 7 nitrogen and oxygen atoms in total. The van der Waals surface area contributed by atoms with Gasteiger partial charge in [0.2, 0.25) is 11.8 Å². The number of benzene rings is 1. The topological polar surface area (TPSA) is 105 Å². The Labute approximate surface area is 140 Å². The molecule has 0 bridgehead atoms. The van der Waals surface area contributed by atoms with Gasteiger partial charge in [-0.1, -0.05) is 6.07 Å². The summed E-state index contributed by atoms with van der Waals surface area (Å²) in [6.07, 6.45) is 0.630. The summed E-state index contributed by atoms with van der Waals surface area (Å²) in [5.41, 5.74) is 7.85. The van der Waals surface area contributed by atoms with Gasteiger partial charge in [0.25, 0.3) is 5.91 Å². The number of carbonyl (C=O) groups excluding carboxylic acids is 3. The van der Waals surface area contributed by atoms with E-state index in [2.05, 4.69) is 10.6 Å². The van der Waals surface area contributed by atoms with Crippen LogP contribution in [0.2, 0.25) is 0 Å². The number of halogens is 1. The molecular weight excluding hydrogens is 320 g/mol. The van der Waals surface area contributed by atoms with E-state index in [9.17, 15) is 14.4 Å². The molecule has 4 N–H and O–H groups in total. The Morgan fingerprint density at radius 3 is 2.78 bits per heavy atom. The zero-order chi connectivity index (χ0) is 15.7. The lowest BCUT2D eigenvalue weighted by atomic mass is 10.0. The second-order valence-corrected chi connectivity index (χ2v) is 5.45. The second-order valence-electron chi connectivity index (χ2n) is 5.45. The Kier molecular flexibility index (Phi) is 5.23. The van der Waals surface area contributed by atoms with Crippen LogP contribution in [0.3, 0.4) is 0 Å². The van der Waals surface area contributed by atoms with Crippen LogP contribution in [0.25, 0.3) is 0 Å². The second kappa shape index (κ2) is 6.97. The quantitative estimate of drug-likeness (QED) is 0.682. The molecule has 124 valence electrons. The molecule has 0 radical (unpaired) electrons. The van der Waals surface area contributed by atoms with Gasteiger partial charge in [-0.05, 0) is 18.6 Å². The maximum atomic E-state index is 12.6. The minimum Gasteiger partial charge on any atom is -0.383 e. The predicted octanol–water partition coefficient (Wildman–Crippen LogP) is 0.240. The molecule has 1 fully saturated rings. The number of hydrogen-bond acceptors (Lipinski definition) is 5. The molecular formula is C15H19ClN4O3. The molecule has 0 spiro atoms. The van der Waals surface area contributed by atoms with Crippen molar-refractivity contribution in [3.63, 3.8) is 0 Å². The Balaban J connectivity index is 0.00000192. The van der Waals surface area contributed by atoms with Crippen molar-refractivity contribution in [2.45, 2.75) is 25.4 Å². The first-order valence-electron chi connectivity index (χ1n) is 7.32. The Morgan fingerprint density at radius 2 is 2.09 bits per heavy atom. The molecule has 23 heavy (non-hydrogen) atoms. The fourth-order valence-electron chi connectivity index (χ4n) is 2.96. The number of anilines is 1. The first-order valence-corrected chi connectivity index (χ1v) is 7.32. The van der Waals surface area contributed by atoms with Crippen LogP contribution >= 0.6 is 12.4 Å². The van der Waals surface area contributed by atoms with Crippen molar-refractivity contribution in [2.75, 3.05) is 18.4 Å². The molecule has 1 aromatic carbocycles. The average Bonchev–Trinajstić information content (AvgIpc) is 2.83. The number of rotatable bonds is 4. The number of carbonyl (C=O) groups is 3. The van der Waals surface area contributed by atoms with E-state index >= 15 is 0 Å². The number of hydrogen-bond donors (Lipinski definition) is 3. The van der Waals surface area contributed by atoms with Crippen LogP contribution in [0.15, 0.2) is 18.2 Å². The molecule has 0 saturated carbocycles. The molecule has 0 aromatic heterocycles. The van der Waals surface area contributed by atoms with Gasteiger partial charge >= 0.3 is 0 Å². The summed E-state index contributed by atoms with van der Waals surface area (Å²) in [5, 5.41) is 5.50. The molecule has 3 rings (SSSR count). The number of nitrogens with zero attached hydrogens (tertiary/aromatic N) is 1. The third kappa shape index (κ3) is 3.16. The normalized spacial score (nSPS) is 20.0. The van der Waals surface area contributed by atoms with E-state index in [-0.39, 0.29) is 30.6 Å². The van der Waals surface area contributed by atoms with Crippen molar-refractivity contribution in [3.8, 4) is 0 Å². The summed E-state index contributed by atoms with van der Waals surface area (Å²) in [6.45, 7) is 1.48. The molecule has 1 unspecified atom stereocenters. The fraction of sp³-hybridized carbons (Fsp3) is 0.400. The molecule has 1 aromatic rings. The van der Waals surface area contributed by atoms with Crippen molar-refractivity contribution in [1.29, 1.82) is 0 Å². The standard InChI is InChI=1S/C15H18N4O3.ClH/c16-6-7-17-11-3-1-2-9-10(11)8-19(15(9)22)12-4-5-13(20)18-14(12)21;/h1-3,12,17H,4-8,16H2,(H,18,20,21);1H. The van der Waals surface area contributed by atoms with Crippen molar-refractivity contribution >= 4 is 35.8 Å². The van der Waals surface area contributed by atoms with E-state index in [1.165, 1.54) is 0 Å². The van der Waals surface area contributed by atoms with Gasteiger partial charge in [-0.2, -0.15) is 0 Å². The summed E-state index contributed by atoms with van der Waals surface area (Å²) < 4.78 is 0. The van der Waals surface area contributed by atoms with Crippen molar-refractivity contribution < 1.29 is 14.4 Å². The van der Waals surface area contributed by atoms with Gasteiger partial charge in [-0.15, -0.1) is 12.4 Å². The lowest BCUT2D eigenvalue weighted by Crippen LogP contribution is -2.52. The summed E-state index contributed by atoms with van der Waals surface area (Å²) in [7, 11) is 0. The molecule has 1 saturated heterocycles. The number of amides is 3. The third-order valence-electron chi connectivity index (χ3n) is 4.04. The number of nitrogens with one attached hydrogen (secondary N) is 2. The number of nitrogens with two attached hydrogens (primary N) is 1. The van der Waals surface area contributed by atoms with Crippen molar-refractivity contribution in [3.05, 3.63) is 29.3 Å². The van der Waals surface area contributed by atoms with Crippen LogP contribution in [0.1, 0.15) is 28.8 Å². The summed E-state index contributed by atoms with van der Waals surface area (Å²) in [5.74, 6) is -0.842. The lowest BCUT2D eigenvalue weighted by Gasteiger charge is -2.29. The summed E-state index contributed by atoms with van der Waals surface area (Å²) in [4.78, 5) is 37.3. The average molecular weight is 339 g/mol. The van der Waals surface area contributed by atoms with Crippen LogP contribution in [-0.2, 0) is 16.1 Å². The van der Waals surface area contributed by atoms with E-state index in [4.69, 9.17) is 5.73 Å². The number of imide groups is 1. The van der Waals surface area contributed by atoms with Gasteiger partial charge in [-0.3, -0.25) is 19.7 Å². The first kappa shape index (κ1) is 17.2. The molecule has 2 heterocycles. The van der Waals surface area contributed by atoms with E-state index in [1.807, 2.05) is 12.1 Å². The van der Waals surface area contributed by atoms with Crippen LogP contribution in [0, 0.1) is 0 Å². The van der Waals surface area contributed by atoms with Gasteiger partial charge in [0.1, 0.15) is 6.04 Å². The van der Waals surface area contributed by atoms with Gasteiger partial charge < -0.3 is 16.0 Å². The van der Waals surface area contributed by atoms with E-state index in [1.54, 1.807) is 11.0 Å². The molecule has 2 aliphatic heterocycles. The van der Waals surface area contributed by atoms with E-state index in [0.717, 1.165) is 11.3 Å². The van der Waals surface area contributed by atoms with Crippen LogP contribution in [0.4, 0.5) is 5.69 Å². The highest BCUT2D eigenvalue weighted by Crippen LogP contribution is 2.32. The van der Waals surface area contributed by atoms with E-state index < -0.39 is 11.9 Å². The predicted molar refractivity (Wildman–Crippen MR) is 87.3 cm³/mol. The highest BCUT2D eigenvalue weighted by Gasteiger charge is 2.39. The zero-order valence-corrected chi connectivity index (χ0v) is 13.3. The van der Waals surface area contributed by atoms with Gasteiger partial charge in [0.15, 0.2) is 0 Å². The molecule has 1 atom stereocenters. The summed E-state index contributed by atoms with van der Waals surface area (Å²) in [6, 6.07) is 4.89. The minimum absolute atomic E-state index is 0. The summed E-state index contributed by atoms with van der Waals surface area (Å²) >= 11 is 0. The molecule has 3 amide bonds. The van der Waals surface area contributed by atoms with Crippen LogP contribution in [0.5, 0.6) is 0 Å². The van der Waals surface area contributed by atoms with Crippen molar-refractivity contribution in [2.24, 2.45) is 5.73 Å². The largest absolute Gasteiger partial charge is 0.383 e. The first-order chi connectivity index (χ1) is 10.6. The Bertz CT molecular complexity index is 650. The van der Waals surface area contributed by atoms with Gasteiger partial charge in [0.05, 0.1) is 0 Å². The molecule has 8 heteroatoms. The Hall–Kier alpha value is -2.12. The maximum absolute atomic E-state index is 12.6. The third-order valence-corrected chi connectivity index (χ3v) is 4.04. The van der Waals surface area contributed by atoms with Gasteiger partial charge in [0, 0.05) is 42.9 Å². The monoisotopic (exact) mass is 338 g/mol. The smallest absolute Gasteiger partial charge is 0.255 e. The lowest BCUT2D eigenvalue weighted by molar-refractivity contribution is -0.136. The molecule has 2 aliphatic rings. The maximum Gasteiger partial charge on any atom is 0.255 e. The van der Waals surface area contributed by atoms with Crippen LogP contribution < -0.4 is 16.4 Å². The van der Waals surface area contributed by atoms with Crippen molar-refractivity contribution in [1.82, 2.24) is 10.2 Å². The number of piperidine rings is 1. The van der Waals surface area contributed by atoms with E-state index in [0.29, 0.717) is 31.6 Å². The zero-order valence-electron chi connectivity index (χ0n) is 12.5. The minimum atomic E-state index is -0.583. The Morgan fingerprint density at radius 1 is 1.30 bits per heavy atom. The van der Waals surface area contributed by atoms with Gasteiger partial charge in [-0.25, -0.2) is 0 Å². The molecule has 0 aliphatic carbocycles. The number of fused-ring (bicyclic) bond motifs is 1. The van der Waals surface area contributed by atoms with Crippen LogP contribution in [-0.4, -0.2) is 41.8 Å².